The van der Waals surface area contributed by atoms with Gasteiger partial charge in [-0.2, -0.15) is 0 Å². The fraction of sp³-hybridized carbons (Fsp3) is 0.167. The summed E-state index contributed by atoms with van der Waals surface area (Å²) >= 11 is 5.90. The zero-order chi connectivity index (χ0) is 11.5. The highest BCUT2D eigenvalue weighted by Crippen LogP contribution is 2.22. The molecule has 0 aliphatic carbocycles. The molecule has 4 heteroatoms. The van der Waals surface area contributed by atoms with Gasteiger partial charge in [0.2, 0.25) is 0 Å². The minimum Gasteiger partial charge on any atom is -0.329 e. The van der Waals surface area contributed by atoms with Crippen LogP contribution in [0.15, 0.2) is 36.4 Å². The van der Waals surface area contributed by atoms with Crippen LogP contribution in [0.3, 0.4) is 0 Å². The summed E-state index contributed by atoms with van der Waals surface area (Å²) in [5.41, 5.74) is 1.07. The molecule has 1 aromatic heterocycles. The van der Waals surface area contributed by atoms with Crippen molar-refractivity contribution in [3.8, 4) is 0 Å². The Morgan fingerprint density at radius 2 is 1.81 bits per heavy atom. The van der Waals surface area contributed by atoms with Gasteiger partial charge in [-0.25, -0.2) is 9.97 Å². The maximum absolute atomic E-state index is 5.90. The van der Waals surface area contributed by atoms with Gasteiger partial charge in [0.25, 0.3) is 0 Å². The number of nitrogens with zero attached hydrogens (tertiary/aromatic N) is 3. The van der Waals surface area contributed by atoms with Crippen LogP contribution in [0.4, 0.5) is 11.5 Å². The number of rotatable bonds is 2. The van der Waals surface area contributed by atoms with Crippen molar-refractivity contribution in [3.63, 3.8) is 0 Å². The SMILES string of the molecule is Cc1nc(Cl)cc(N(C)c2ccccc2)n1. The Bertz CT molecular complexity index is 465. The van der Waals surface area contributed by atoms with E-state index in [0.717, 1.165) is 11.5 Å². The molecule has 0 aliphatic rings. The Balaban J connectivity index is 2.37. The van der Waals surface area contributed by atoms with Crippen molar-refractivity contribution >= 4 is 23.1 Å². The van der Waals surface area contributed by atoms with Gasteiger partial charge in [-0.3, -0.25) is 0 Å². The molecule has 3 nitrogen and oxygen atoms in total. The van der Waals surface area contributed by atoms with Gasteiger partial charge in [-0.05, 0) is 19.1 Å². The molecular formula is C12H12ClN3. The summed E-state index contributed by atoms with van der Waals surface area (Å²) in [5, 5.41) is 0.463. The van der Waals surface area contributed by atoms with Gasteiger partial charge >= 0.3 is 0 Å². The number of hydrogen-bond acceptors (Lipinski definition) is 3. The van der Waals surface area contributed by atoms with E-state index in [9.17, 15) is 0 Å². The Hall–Kier alpha value is -1.61. The summed E-state index contributed by atoms with van der Waals surface area (Å²) < 4.78 is 0. The first-order valence-corrected chi connectivity index (χ1v) is 5.34. The highest BCUT2D eigenvalue weighted by atomic mass is 35.5. The Labute approximate surface area is 99.7 Å². The maximum Gasteiger partial charge on any atom is 0.137 e. The van der Waals surface area contributed by atoms with Crippen LogP contribution >= 0.6 is 11.6 Å². The summed E-state index contributed by atoms with van der Waals surface area (Å²) in [4.78, 5) is 10.4. The second-order valence-electron chi connectivity index (χ2n) is 3.49. The monoisotopic (exact) mass is 233 g/mol. The molecule has 0 radical (unpaired) electrons. The van der Waals surface area contributed by atoms with Crippen LogP contribution in [0.1, 0.15) is 5.82 Å². The van der Waals surface area contributed by atoms with Gasteiger partial charge < -0.3 is 4.90 Å². The zero-order valence-electron chi connectivity index (χ0n) is 9.18. The van der Waals surface area contributed by atoms with Gasteiger partial charge in [0.1, 0.15) is 16.8 Å². The van der Waals surface area contributed by atoms with E-state index >= 15 is 0 Å². The number of aromatic nitrogens is 2. The molecular weight excluding hydrogens is 222 g/mol. The highest BCUT2D eigenvalue weighted by Gasteiger charge is 2.06. The Kier molecular flexibility index (Phi) is 3.06. The molecule has 2 aromatic rings. The van der Waals surface area contributed by atoms with E-state index in [1.54, 1.807) is 6.07 Å². The van der Waals surface area contributed by atoms with E-state index in [4.69, 9.17) is 11.6 Å². The predicted octanol–water partition coefficient (Wildman–Crippen LogP) is 3.21. The summed E-state index contributed by atoms with van der Waals surface area (Å²) in [6, 6.07) is 11.7. The van der Waals surface area contributed by atoms with Crippen LogP contribution in [0.2, 0.25) is 5.15 Å². The first-order valence-electron chi connectivity index (χ1n) is 4.97. The first kappa shape index (κ1) is 10.9. The Morgan fingerprint density at radius 1 is 1.12 bits per heavy atom. The molecule has 0 saturated heterocycles. The van der Waals surface area contributed by atoms with E-state index in [1.165, 1.54) is 0 Å². The lowest BCUT2D eigenvalue weighted by atomic mass is 10.3. The lowest BCUT2D eigenvalue weighted by Crippen LogP contribution is -2.12. The van der Waals surface area contributed by atoms with Crippen molar-refractivity contribution in [2.24, 2.45) is 0 Å². The van der Waals surface area contributed by atoms with Crippen LogP contribution in [0.5, 0.6) is 0 Å². The summed E-state index contributed by atoms with van der Waals surface area (Å²) in [6.45, 7) is 1.83. The predicted molar refractivity (Wildman–Crippen MR) is 66.3 cm³/mol. The van der Waals surface area contributed by atoms with Crippen molar-refractivity contribution in [2.45, 2.75) is 6.92 Å². The molecule has 0 saturated carbocycles. The molecule has 0 bridgehead atoms. The number of para-hydroxylation sites is 1. The molecule has 0 atom stereocenters. The van der Waals surface area contributed by atoms with Crippen LogP contribution in [0, 0.1) is 6.92 Å². The second kappa shape index (κ2) is 4.49. The quantitative estimate of drug-likeness (QED) is 0.746. The molecule has 1 aromatic carbocycles. The fourth-order valence-corrected chi connectivity index (χ4v) is 1.69. The van der Waals surface area contributed by atoms with Crippen LogP contribution in [0.25, 0.3) is 0 Å². The first-order chi connectivity index (χ1) is 7.66. The number of halogens is 1. The largest absolute Gasteiger partial charge is 0.329 e. The van der Waals surface area contributed by atoms with Crippen LogP contribution in [-0.2, 0) is 0 Å². The maximum atomic E-state index is 5.90. The van der Waals surface area contributed by atoms with E-state index in [0.29, 0.717) is 11.0 Å². The van der Waals surface area contributed by atoms with E-state index in [1.807, 2.05) is 49.2 Å². The average molecular weight is 234 g/mol. The third-order valence-corrected chi connectivity index (χ3v) is 2.47. The minimum atomic E-state index is 0.463. The van der Waals surface area contributed by atoms with E-state index < -0.39 is 0 Å². The normalized spacial score (nSPS) is 10.2. The smallest absolute Gasteiger partial charge is 0.137 e. The molecule has 0 amide bonds. The molecule has 2 rings (SSSR count). The van der Waals surface area contributed by atoms with Crippen LogP contribution in [-0.4, -0.2) is 17.0 Å². The third kappa shape index (κ3) is 2.31. The molecule has 0 fully saturated rings. The molecule has 82 valence electrons. The van der Waals surface area contributed by atoms with Crippen molar-refractivity contribution in [1.82, 2.24) is 9.97 Å². The topological polar surface area (TPSA) is 29.0 Å². The zero-order valence-corrected chi connectivity index (χ0v) is 9.94. The number of anilines is 2. The average Bonchev–Trinajstić information content (AvgIpc) is 2.28. The summed E-state index contributed by atoms with van der Waals surface area (Å²) in [7, 11) is 1.95. The van der Waals surface area contributed by atoms with E-state index in [-0.39, 0.29) is 0 Å². The lowest BCUT2D eigenvalue weighted by molar-refractivity contribution is 1.01. The van der Waals surface area contributed by atoms with Gasteiger partial charge in [-0.1, -0.05) is 29.8 Å². The van der Waals surface area contributed by atoms with Crippen molar-refractivity contribution in [3.05, 3.63) is 47.4 Å². The molecule has 0 spiro atoms. The van der Waals surface area contributed by atoms with E-state index in [2.05, 4.69) is 9.97 Å². The summed E-state index contributed by atoms with van der Waals surface area (Å²) in [5.74, 6) is 1.47. The standard InChI is InChI=1S/C12H12ClN3/c1-9-14-11(13)8-12(15-9)16(2)10-6-4-3-5-7-10/h3-8H,1-2H3. The third-order valence-electron chi connectivity index (χ3n) is 2.28. The van der Waals surface area contributed by atoms with Gasteiger partial charge in [0.05, 0.1) is 0 Å². The lowest BCUT2D eigenvalue weighted by Gasteiger charge is -2.18. The molecule has 1 heterocycles. The Morgan fingerprint density at radius 3 is 2.44 bits per heavy atom. The second-order valence-corrected chi connectivity index (χ2v) is 3.88. The van der Waals surface area contributed by atoms with Gasteiger partial charge in [-0.15, -0.1) is 0 Å². The number of aryl methyl sites for hydroxylation is 1. The number of hydrogen-bond donors (Lipinski definition) is 0. The van der Waals surface area contributed by atoms with Gasteiger partial charge in [0, 0.05) is 18.8 Å². The van der Waals surface area contributed by atoms with Crippen molar-refractivity contribution in [2.75, 3.05) is 11.9 Å². The van der Waals surface area contributed by atoms with Gasteiger partial charge in [0.15, 0.2) is 0 Å². The summed E-state index contributed by atoms with van der Waals surface area (Å²) in [6.07, 6.45) is 0. The molecule has 0 N–H and O–H groups in total. The molecule has 0 unspecified atom stereocenters. The molecule has 16 heavy (non-hydrogen) atoms. The fourth-order valence-electron chi connectivity index (χ4n) is 1.47. The number of benzene rings is 1. The van der Waals surface area contributed by atoms with Crippen molar-refractivity contribution < 1.29 is 0 Å². The van der Waals surface area contributed by atoms with Crippen LogP contribution < -0.4 is 4.90 Å². The minimum absolute atomic E-state index is 0.463. The highest BCUT2D eigenvalue weighted by molar-refractivity contribution is 6.29. The van der Waals surface area contributed by atoms with Crippen molar-refractivity contribution in [1.29, 1.82) is 0 Å². The molecule has 0 aliphatic heterocycles.